The molecule has 0 spiro atoms. The Morgan fingerprint density at radius 1 is 0.491 bits per heavy atom. The van der Waals surface area contributed by atoms with Gasteiger partial charge in [0, 0.05) is 6.42 Å². The highest BCUT2D eigenvalue weighted by atomic mass is 16.5. The van der Waals surface area contributed by atoms with Crippen LogP contribution in [-0.4, -0.2) is 46.9 Å². The molecule has 0 saturated carbocycles. The third-order valence-corrected chi connectivity index (χ3v) is 11.5. The van der Waals surface area contributed by atoms with Crippen molar-refractivity contribution in [1.82, 2.24) is 5.32 Å². The van der Waals surface area contributed by atoms with Crippen molar-refractivity contribution in [2.24, 2.45) is 0 Å². The second kappa shape index (κ2) is 45.4. The summed E-state index contributed by atoms with van der Waals surface area (Å²) in [7, 11) is 0. The van der Waals surface area contributed by atoms with Gasteiger partial charge in [-0.2, -0.15) is 0 Å². The first-order chi connectivity index (χ1) is 28.0. The van der Waals surface area contributed by atoms with Crippen molar-refractivity contribution in [3.8, 4) is 0 Å². The van der Waals surface area contributed by atoms with Crippen LogP contribution in [0.4, 0.5) is 0 Å². The van der Waals surface area contributed by atoms with E-state index in [1.807, 2.05) is 0 Å². The first kappa shape index (κ1) is 55.3. The van der Waals surface area contributed by atoms with Crippen molar-refractivity contribution < 1.29 is 24.5 Å². The smallest absolute Gasteiger partial charge is 0.306 e. The lowest BCUT2D eigenvalue weighted by atomic mass is 10.0. The molecule has 6 nitrogen and oxygen atoms in total. The summed E-state index contributed by atoms with van der Waals surface area (Å²) in [5, 5.41) is 23.6. The van der Waals surface area contributed by atoms with Crippen LogP contribution >= 0.6 is 0 Å². The minimum absolute atomic E-state index is 0.0691. The number of aliphatic hydroxyl groups is 2. The van der Waals surface area contributed by atoms with Gasteiger partial charge >= 0.3 is 5.97 Å². The highest BCUT2D eigenvalue weighted by molar-refractivity contribution is 5.77. The van der Waals surface area contributed by atoms with Gasteiger partial charge in [-0.1, -0.05) is 206 Å². The second-order valence-corrected chi connectivity index (χ2v) is 17.2. The number of aliphatic hydroxyl groups excluding tert-OH is 2. The number of carbonyl (C=O) groups excluding carboxylic acids is 2. The molecule has 0 aromatic carbocycles. The topological polar surface area (TPSA) is 95.9 Å². The largest absolute Gasteiger partial charge is 0.462 e. The highest BCUT2D eigenvalue weighted by Crippen LogP contribution is 2.17. The van der Waals surface area contributed by atoms with Crippen LogP contribution in [0.15, 0.2) is 24.3 Å². The number of hydrogen-bond acceptors (Lipinski definition) is 5. The molecule has 0 saturated heterocycles. The zero-order valence-corrected chi connectivity index (χ0v) is 38.2. The van der Waals surface area contributed by atoms with Crippen LogP contribution < -0.4 is 5.32 Å². The van der Waals surface area contributed by atoms with Crippen molar-refractivity contribution in [2.45, 2.75) is 283 Å². The average molecular weight is 804 g/mol. The molecule has 0 radical (unpaired) electrons. The van der Waals surface area contributed by atoms with Crippen LogP contribution in [0.2, 0.25) is 0 Å². The maximum atomic E-state index is 13.1. The summed E-state index contributed by atoms with van der Waals surface area (Å²) in [6.07, 6.45) is 51.1. The van der Waals surface area contributed by atoms with E-state index in [9.17, 15) is 19.8 Å². The number of amides is 1. The van der Waals surface area contributed by atoms with Gasteiger partial charge in [0.15, 0.2) is 0 Å². The molecule has 0 fully saturated rings. The summed E-state index contributed by atoms with van der Waals surface area (Å²) in [4.78, 5) is 26.0. The summed E-state index contributed by atoms with van der Waals surface area (Å²) in [6, 6.07) is -0.700. The van der Waals surface area contributed by atoms with Gasteiger partial charge in [0.1, 0.15) is 6.10 Å². The molecule has 0 aliphatic carbocycles. The van der Waals surface area contributed by atoms with Crippen LogP contribution in [0.25, 0.3) is 0 Å². The number of nitrogens with one attached hydrogen (secondary N) is 1. The van der Waals surface area contributed by atoms with E-state index in [0.29, 0.717) is 19.3 Å². The normalized spacial score (nSPS) is 13.4. The molecule has 3 atom stereocenters. The zero-order valence-electron chi connectivity index (χ0n) is 38.2. The molecule has 0 aromatic heterocycles. The van der Waals surface area contributed by atoms with Crippen molar-refractivity contribution in [3.05, 3.63) is 24.3 Å². The van der Waals surface area contributed by atoms with Crippen molar-refractivity contribution in [3.63, 3.8) is 0 Å². The fourth-order valence-corrected chi connectivity index (χ4v) is 7.64. The van der Waals surface area contributed by atoms with E-state index in [4.69, 9.17) is 4.74 Å². The van der Waals surface area contributed by atoms with Gasteiger partial charge in [-0.05, 0) is 70.6 Å². The SMILES string of the molecule is CCCC/C=C\CCCCCC(CC(=O)NC(CO)C(O)CCCCCCCCCCCC)OC(=O)CCCCCCCCCCC/C=C/CCCCCCCC. The van der Waals surface area contributed by atoms with Gasteiger partial charge in [0.25, 0.3) is 0 Å². The minimum Gasteiger partial charge on any atom is -0.462 e. The Labute approximate surface area is 354 Å². The summed E-state index contributed by atoms with van der Waals surface area (Å²) in [6.45, 7) is 6.42. The molecule has 1 amide bonds. The third-order valence-electron chi connectivity index (χ3n) is 11.5. The first-order valence-corrected chi connectivity index (χ1v) is 25.1. The maximum absolute atomic E-state index is 13.1. The number of allylic oxidation sites excluding steroid dienone is 4. The van der Waals surface area contributed by atoms with Gasteiger partial charge in [0.2, 0.25) is 5.91 Å². The van der Waals surface area contributed by atoms with Crippen molar-refractivity contribution >= 4 is 11.9 Å². The fourth-order valence-electron chi connectivity index (χ4n) is 7.64. The molecule has 0 aliphatic heterocycles. The summed E-state index contributed by atoms with van der Waals surface area (Å²) in [5.74, 6) is -0.486. The Balaban J connectivity index is 4.41. The molecule has 57 heavy (non-hydrogen) atoms. The monoisotopic (exact) mass is 804 g/mol. The van der Waals surface area contributed by atoms with E-state index < -0.39 is 18.2 Å². The molecule has 0 bridgehead atoms. The molecule has 336 valence electrons. The molecule has 0 aliphatic rings. The fraction of sp³-hybridized carbons (Fsp3) is 0.882. The molecule has 3 N–H and O–H groups in total. The molecule has 0 heterocycles. The van der Waals surface area contributed by atoms with Crippen molar-refractivity contribution in [1.29, 1.82) is 0 Å². The lowest BCUT2D eigenvalue weighted by Crippen LogP contribution is -2.46. The van der Waals surface area contributed by atoms with E-state index >= 15 is 0 Å². The maximum Gasteiger partial charge on any atom is 0.306 e. The molecular weight excluding hydrogens is 707 g/mol. The number of rotatable bonds is 45. The van der Waals surface area contributed by atoms with E-state index in [0.717, 1.165) is 70.6 Å². The summed E-state index contributed by atoms with van der Waals surface area (Å²) in [5.41, 5.74) is 0. The lowest BCUT2D eigenvalue weighted by Gasteiger charge is -2.24. The van der Waals surface area contributed by atoms with E-state index in [-0.39, 0.29) is 24.9 Å². The van der Waals surface area contributed by atoms with Gasteiger partial charge in [-0.3, -0.25) is 9.59 Å². The molecule has 6 heteroatoms. The number of unbranched alkanes of at least 4 members (excludes halogenated alkanes) is 29. The Bertz CT molecular complexity index is 904. The third kappa shape index (κ3) is 40.9. The Kier molecular flexibility index (Phi) is 44.1. The molecule has 3 unspecified atom stereocenters. The predicted octanol–water partition coefficient (Wildman–Crippen LogP) is 14.7. The Morgan fingerprint density at radius 3 is 1.32 bits per heavy atom. The van der Waals surface area contributed by atoms with Crippen molar-refractivity contribution in [2.75, 3.05) is 6.61 Å². The van der Waals surface area contributed by atoms with Crippen LogP contribution in [0.5, 0.6) is 0 Å². The predicted molar refractivity (Wildman–Crippen MR) is 246 cm³/mol. The minimum atomic E-state index is -0.786. The van der Waals surface area contributed by atoms with Crippen LogP contribution in [0, 0.1) is 0 Å². The van der Waals surface area contributed by atoms with Gasteiger partial charge < -0.3 is 20.3 Å². The summed E-state index contributed by atoms with van der Waals surface area (Å²) >= 11 is 0. The zero-order chi connectivity index (χ0) is 41.7. The molecular formula is C51H97NO5. The number of carbonyl (C=O) groups is 2. The Hall–Kier alpha value is -1.66. The quantitative estimate of drug-likeness (QED) is 0.0324. The average Bonchev–Trinajstić information content (AvgIpc) is 3.20. The summed E-state index contributed by atoms with van der Waals surface area (Å²) < 4.78 is 5.90. The number of hydrogen-bond donors (Lipinski definition) is 3. The van der Waals surface area contributed by atoms with Crippen LogP contribution in [0.3, 0.4) is 0 Å². The van der Waals surface area contributed by atoms with E-state index in [2.05, 4.69) is 50.4 Å². The second-order valence-electron chi connectivity index (χ2n) is 17.2. The lowest BCUT2D eigenvalue weighted by molar-refractivity contribution is -0.151. The highest BCUT2D eigenvalue weighted by Gasteiger charge is 2.24. The molecule has 0 aromatic rings. The van der Waals surface area contributed by atoms with Gasteiger partial charge in [0.05, 0.1) is 25.2 Å². The number of esters is 1. The number of ether oxygens (including phenoxy) is 1. The molecule has 0 rings (SSSR count). The standard InChI is InChI=1S/C51H97NO5/c1-4-7-10-13-16-19-21-22-23-24-25-26-27-28-29-32-35-38-41-44-51(56)57-47(42-39-36-33-30-18-15-12-9-6-3)45-50(55)52-48(46-53)49(54)43-40-37-34-31-20-17-14-11-8-5-2/h15,18,22-23,47-49,53-54H,4-14,16-17,19-21,24-46H2,1-3H3,(H,52,55)/b18-15-,23-22+. The van der Waals surface area contributed by atoms with E-state index in [1.54, 1.807) is 0 Å². The van der Waals surface area contributed by atoms with Gasteiger partial charge in [-0.15, -0.1) is 0 Å². The van der Waals surface area contributed by atoms with Crippen LogP contribution in [0.1, 0.15) is 265 Å². The first-order valence-electron chi connectivity index (χ1n) is 25.1. The Morgan fingerprint density at radius 2 is 0.860 bits per heavy atom. The van der Waals surface area contributed by atoms with E-state index in [1.165, 1.54) is 148 Å². The van der Waals surface area contributed by atoms with Crippen LogP contribution in [-0.2, 0) is 14.3 Å². The van der Waals surface area contributed by atoms with Gasteiger partial charge in [-0.25, -0.2) is 0 Å².